The average molecular weight is 463 g/mol. The summed E-state index contributed by atoms with van der Waals surface area (Å²) in [6.45, 7) is 0.456. The van der Waals surface area contributed by atoms with Gasteiger partial charge in [0.05, 0.1) is 18.9 Å². The fraction of sp³-hybridized carbons (Fsp3) is 0.167. The standard InChI is InChI=1S/C30H26N2O3/c1-33-28-17-16-23(18-29(28)34-20-21-10-4-2-5-11-21)30-32-26(24-14-8-9-15-27(24)35-30)19-25(31-32)22-12-6-3-7-13-22/h2-18,26,30H,19-20H2,1H3/t26-,30-/m1/s1. The van der Waals surface area contributed by atoms with E-state index < -0.39 is 0 Å². The summed E-state index contributed by atoms with van der Waals surface area (Å²) < 4.78 is 18.3. The Morgan fingerprint density at radius 2 is 1.60 bits per heavy atom. The summed E-state index contributed by atoms with van der Waals surface area (Å²) in [5, 5.41) is 7.15. The number of hydrazone groups is 1. The van der Waals surface area contributed by atoms with Crippen molar-refractivity contribution < 1.29 is 14.2 Å². The highest BCUT2D eigenvalue weighted by atomic mass is 16.5. The molecule has 5 heteroatoms. The van der Waals surface area contributed by atoms with Crippen molar-refractivity contribution in [2.24, 2.45) is 5.10 Å². The third-order valence-corrected chi connectivity index (χ3v) is 6.52. The molecule has 5 nitrogen and oxygen atoms in total. The van der Waals surface area contributed by atoms with Gasteiger partial charge >= 0.3 is 0 Å². The van der Waals surface area contributed by atoms with Gasteiger partial charge in [-0.3, -0.25) is 0 Å². The Kier molecular flexibility index (Phi) is 5.59. The van der Waals surface area contributed by atoms with Crippen LogP contribution in [0.3, 0.4) is 0 Å². The van der Waals surface area contributed by atoms with Crippen LogP contribution in [0.4, 0.5) is 0 Å². The van der Waals surface area contributed by atoms with Gasteiger partial charge in [-0.25, -0.2) is 5.01 Å². The second-order valence-electron chi connectivity index (χ2n) is 8.71. The van der Waals surface area contributed by atoms with Crippen molar-refractivity contribution in [3.05, 3.63) is 125 Å². The van der Waals surface area contributed by atoms with E-state index >= 15 is 0 Å². The van der Waals surface area contributed by atoms with Crippen molar-refractivity contribution in [2.45, 2.75) is 25.3 Å². The first-order valence-electron chi connectivity index (χ1n) is 11.8. The summed E-state index contributed by atoms with van der Waals surface area (Å²) in [7, 11) is 1.66. The first-order valence-corrected chi connectivity index (χ1v) is 11.8. The minimum atomic E-state index is -0.374. The Morgan fingerprint density at radius 1 is 0.857 bits per heavy atom. The molecule has 6 rings (SSSR count). The predicted molar refractivity (Wildman–Crippen MR) is 136 cm³/mol. The van der Waals surface area contributed by atoms with E-state index in [1.807, 2.05) is 66.7 Å². The molecule has 0 saturated carbocycles. The lowest BCUT2D eigenvalue weighted by Gasteiger charge is -2.38. The molecule has 2 atom stereocenters. The Balaban J connectivity index is 1.36. The number of hydrogen-bond donors (Lipinski definition) is 0. The highest BCUT2D eigenvalue weighted by Gasteiger charge is 2.41. The van der Waals surface area contributed by atoms with Crippen LogP contribution in [-0.2, 0) is 6.61 Å². The van der Waals surface area contributed by atoms with E-state index in [4.69, 9.17) is 19.3 Å². The van der Waals surface area contributed by atoms with Crippen LogP contribution in [0.5, 0.6) is 17.2 Å². The lowest BCUT2D eigenvalue weighted by atomic mass is 9.96. The summed E-state index contributed by atoms with van der Waals surface area (Å²) in [6.07, 6.45) is 0.454. The molecule has 0 amide bonds. The van der Waals surface area contributed by atoms with Crippen molar-refractivity contribution in [2.75, 3.05) is 7.11 Å². The average Bonchev–Trinajstić information content (AvgIpc) is 3.38. The highest BCUT2D eigenvalue weighted by molar-refractivity contribution is 6.01. The molecule has 0 bridgehead atoms. The normalized spacial score (nSPS) is 18.2. The molecule has 4 aromatic carbocycles. The van der Waals surface area contributed by atoms with Crippen LogP contribution in [0.2, 0.25) is 0 Å². The van der Waals surface area contributed by atoms with E-state index in [0.29, 0.717) is 18.1 Å². The molecule has 174 valence electrons. The van der Waals surface area contributed by atoms with Gasteiger partial charge in [-0.1, -0.05) is 78.9 Å². The van der Waals surface area contributed by atoms with Crippen LogP contribution in [0.1, 0.15) is 40.9 Å². The van der Waals surface area contributed by atoms with Gasteiger partial charge < -0.3 is 14.2 Å². The maximum atomic E-state index is 6.53. The third kappa shape index (κ3) is 4.10. The van der Waals surface area contributed by atoms with Crippen LogP contribution >= 0.6 is 0 Å². The molecule has 2 aliphatic heterocycles. The van der Waals surface area contributed by atoms with Gasteiger partial charge in [0.15, 0.2) is 11.5 Å². The maximum absolute atomic E-state index is 6.53. The monoisotopic (exact) mass is 462 g/mol. The lowest BCUT2D eigenvalue weighted by Crippen LogP contribution is -2.33. The second kappa shape index (κ2) is 9.18. The van der Waals surface area contributed by atoms with Gasteiger partial charge in [0.2, 0.25) is 6.23 Å². The summed E-state index contributed by atoms with van der Waals surface area (Å²) in [6, 6.07) is 34.8. The lowest BCUT2D eigenvalue weighted by molar-refractivity contribution is -0.0192. The van der Waals surface area contributed by atoms with Crippen LogP contribution in [0.15, 0.2) is 108 Å². The van der Waals surface area contributed by atoms with E-state index in [1.54, 1.807) is 7.11 Å². The van der Waals surface area contributed by atoms with Gasteiger partial charge in [0.1, 0.15) is 12.4 Å². The van der Waals surface area contributed by atoms with E-state index in [1.165, 1.54) is 0 Å². The molecule has 4 aromatic rings. The van der Waals surface area contributed by atoms with Crippen LogP contribution in [-0.4, -0.2) is 17.8 Å². The van der Waals surface area contributed by atoms with Gasteiger partial charge in [-0.05, 0) is 35.4 Å². The summed E-state index contributed by atoms with van der Waals surface area (Å²) in [5.74, 6) is 2.26. The quantitative estimate of drug-likeness (QED) is 0.327. The topological polar surface area (TPSA) is 43.3 Å². The van der Waals surface area contributed by atoms with Gasteiger partial charge in [-0.2, -0.15) is 5.10 Å². The van der Waals surface area contributed by atoms with Crippen molar-refractivity contribution in [3.8, 4) is 17.2 Å². The molecule has 35 heavy (non-hydrogen) atoms. The molecule has 0 fully saturated rings. The molecule has 0 radical (unpaired) electrons. The summed E-state index contributed by atoms with van der Waals surface area (Å²) in [5.41, 5.74) is 5.42. The fourth-order valence-electron chi connectivity index (χ4n) is 4.75. The van der Waals surface area contributed by atoms with Crippen LogP contribution in [0.25, 0.3) is 0 Å². The largest absolute Gasteiger partial charge is 0.493 e. The first-order chi connectivity index (χ1) is 17.3. The smallest absolute Gasteiger partial charge is 0.214 e. The number of methoxy groups -OCH3 is 1. The molecule has 2 heterocycles. The summed E-state index contributed by atoms with van der Waals surface area (Å²) in [4.78, 5) is 0. The zero-order valence-corrected chi connectivity index (χ0v) is 19.5. The third-order valence-electron chi connectivity index (χ3n) is 6.52. The van der Waals surface area contributed by atoms with E-state index in [2.05, 4.69) is 41.4 Å². The number of nitrogens with zero attached hydrogens (tertiary/aromatic N) is 2. The van der Waals surface area contributed by atoms with E-state index in [9.17, 15) is 0 Å². The second-order valence-corrected chi connectivity index (χ2v) is 8.71. The van der Waals surface area contributed by atoms with Gasteiger partial charge in [0.25, 0.3) is 0 Å². The molecular formula is C30H26N2O3. The summed E-state index contributed by atoms with van der Waals surface area (Å²) >= 11 is 0. The van der Waals surface area contributed by atoms with Crippen molar-refractivity contribution in [1.82, 2.24) is 5.01 Å². The molecule has 0 N–H and O–H groups in total. The van der Waals surface area contributed by atoms with Crippen LogP contribution < -0.4 is 14.2 Å². The zero-order valence-electron chi connectivity index (χ0n) is 19.5. The fourth-order valence-corrected chi connectivity index (χ4v) is 4.75. The van der Waals surface area contributed by atoms with E-state index in [0.717, 1.165) is 40.1 Å². The molecular weight excluding hydrogens is 436 g/mol. The minimum Gasteiger partial charge on any atom is -0.493 e. The van der Waals surface area contributed by atoms with Crippen molar-refractivity contribution >= 4 is 5.71 Å². The molecule has 2 aliphatic rings. The Labute approximate surface area is 205 Å². The molecule has 0 aliphatic carbocycles. The van der Waals surface area contributed by atoms with Crippen molar-refractivity contribution in [1.29, 1.82) is 0 Å². The predicted octanol–water partition coefficient (Wildman–Crippen LogP) is 6.52. The SMILES string of the molecule is COc1ccc([C@H]2Oc3ccccc3[C@H]3CC(c4ccccc4)=NN32)cc1OCc1ccccc1. The number of ether oxygens (including phenoxy) is 3. The Morgan fingerprint density at radius 3 is 2.40 bits per heavy atom. The van der Waals surface area contributed by atoms with Crippen LogP contribution in [0, 0.1) is 0 Å². The zero-order chi connectivity index (χ0) is 23.6. The molecule has 0 aromatic heterocycles. The molecule has 0 unspecified atom stereocenters. The molecule has 0 saturated heterocycles. The highest BCUT2D eigenvalue weighted by Crippen LogP contribution is 2.48. The number of fused-ring (bicyclic) bond motifs is 3. The van der Waals surface area contributed by atoms with Crippen molar-refractivity contribution in [3.63, 3.8) is 0 Å². The van der Waals surface area contributed by atoms with Gasteiger partial charge in [-0.15, -0.1) is 0 Å². The maximum Gasteiger partial charge on any atom is 0.214 e. The minimum absolute atomic E-state index is 0.107. The number of rotatable bonds is 6. The number of para-hydroxylation sites is 1. The first kappa shape index (κ1) is 21.3. The van der Waals surface area contributed by atoms with Gasteiger partial charge in [0, 0.05) is 17.5 Å². The number of hydrogen-bond acceptors (Lipinski definition) is 5. The van der Waals surface area contributed by atoms with E-state index in [-0.39, 0.29) is 12.3 Å². The molecule has 0 spiro atoms. The Hall–Kier alpha value is -4.25. The number of benzene rings is 4. The Bertz CT molecular complexity index is 1350.